The first kappa shape index (κ1) is 19.6. The minimum atomic E-state index is -0.0200. The third-order valence-electron chi connectivity index (χ3n) is 5.77. The van der Waals surface area contributed by atoms with Crippen molar-refractivity contribution in [1.82, 2.24) is 9.78 Å². The van der Waals surface area contributed by atoms with Gasteiger partial charge in [-0.25, -0.2) is 4.68 Å². The average Bonchev–Trinajstić information content (AvgIpc) is 3.05. The lowest BCUT2D eigenvalue weighted by Crippen LogP contribution is -2.37. The molecule has 0 bridgehead atoms. The first-order chi connectivity index (χ1) is 13.0. The summed E-state index contributed by atoms with van der Waals surface area (Å²) in [6.45, 7) is 7.00. The Bertz CT molecular complexity index is 754. The Morgan fingerprint density at radius 1 is 1.30 bits per heavy atom. The van der Waals surface area contributed by atoms with Gasteiger partial charge in [-0.2, -0.15) is 5.10 Å². The van der Waals surface area contributed by atoms with Crippen LogP contribution in [0.25, 0.3) is 11.3 Å². The van der Waals surface area contributed by atoms with Gasteiger partial charge in [0.1, 0.15) is 5.82 Å². The van der Waals surface area contributed by atoms with Crippen LogP contribution in [0.3, 0.4) is 0 Å². The SMILES string of the molecule is CC1CCC(C(C)C)C(C(=O)Nc2cc(-c3ccccc3)nn2CCO)C1. The molecule has 27 heavy (non-hydrogen) atoms. The minimum Gasteiger partial charge on any atom is -0.394 e. The van der Waals surface area contributed by atoms with Crippen molar-refractivity contribution in [1.29, 1.82) is 0 Å². The molecule has 1 amide bonds. The monoisotopic (exact) mass is 369 g/mol. The van der Waals surface area contributed by atoms with E-state index in [0.29, 0.717) is 30.1 Å². The predicted octanol–water partition coefficient (Wildman–Crippen LogP) is 4.19. The highest BCUT2D eigenvalue weighted by Gasteiger charge is 2.35. The fourth-order valence-corrected chi connectivity index (χ4v) is 4.26. The number of amides is 1. The van der Waals surface area contributed by atoms with Gasteiger partial charge in [0.25, 0.3) is 0 Å². The van der Waals surface area contributed by atoms with Crippen LogP contribution in [0, 0.1) is 23.7 Å². The topological polar surface area (TPSA) is 67.2 Å². The molecule has 0 spiro atoms. The zero-order valence-electron chi connectivity index (χ0n) is 16.6. The fourth-order valence-electron chi connectivity index (χ4n) is 4.26. The molecule has 1 heterocycles. The molecule has 1 aliphatic carbocycles. The molecule has 2 aromatic rings. The largest absolute Gasteiger partial charge is 0.394 e. The lowest BCUT2D eigenvalue weighted by atomic mass is 9.70. The summed E-state index contributed by atoms with van der Waals surface area (Å²) in [5.74, 6) is 2.27. The number of hydrogen-bond donors (Lipinski definition) is 2. The Morgan fingerprint density at radius 2 is 2.04 bits per heavy atom. The number of aliphatic hydroxyl groups is 1. The number of aliphatic hydroxyl groups excluding tert-OH is 1. The molecule has 0 saturated heterocycles. The summed E-state index contributed by atoms with van der Waals surface area (Å²) < 4.78 is 1.69. The van der Waals surface area contributed by atoms with Crippen molar-refractivity contribution in [2.45, 2.75) is 46.6 Å². The van der Waals surface area contributed by atoms with Crippen molar-refractivity contribution in [3.63, 3.8) is 0 Å². The van der Waals surface area contributed by atoms with Crippen LogP contribution in [0.2, 0.25) is 0 Å². The highest BCUT2D eigenvalue weighted by Crippen LogP contribution is 2.38. The van der Waals surface area contributed by atoms with Crippen molar-refractivity contribution < 1.29 is 9.90 Å². The van der Waals surface area contributed by atoms with E-state index in [1.165, 1.54) is 6.42 Å². The quantitative estimate of drug-likeness (QED) is 0.802. The molecule has 3 unspecified atom stereocenters. The molecule has 2 N–H and O–H groups in total. The summed E-state index contributed by atoms with van der Waals surface area (Å²) in [7, 11) is 0. The number of nitrogens with one attached hydrogen (secondary N) is 1. The highest BCUT2D eigenvalue weighted by atomic mass is 16.3. The molecule has 1 aromatic heterocycles. The number of aromatic nitrogens is 2. The van der Waals surface area contributed by atoms with E-state index in [4.69, 9.17) is 0 Å². The van der Waals surface area contributed by atoms with Gasteiger partial charge >= 0.3 is 0 Å². The minimum absolute atomic E-state index is 0.0200. The molecule has 3 rings (SSSR count). The van der Waals surface area contributed by atoms with E-state index in [0.717, 1.165) is 24.1 Å². The van der Waals surface area contributed by atoms with Gasteiger partial charge in [-0.15, -0.1) is 0 Å². The number of hydrogen-bond acceptors (Lipinski definition) is 3. The summed E-state index contributed by atoms with van der Waals surface area (Å²) in [6.07, 6.45) is 3.25. The summed E-state index contributed by atoms with van der Waals surface area (Å²) >= 11 is 0. The maximum atomic E-state index is 13.1. The van der Waals surface area contributed by atoms with Crippen LogP contribution in [-0.2, 0) is 11.3 Å². The van der Waals surface area contributed by atoms with E-state index in [1.807, 2.05) is 36.4 Å². The Kier molecular flexibility index (Phi) is 6.32. The van der Waals surface area contributed by atoms with Crippen molar-refractivity contribution in [2.24, 2.45) is 23.7 Å². The molecule has 5 heteroatoms. The highest BCUT2D eigenvalue weighted by molar-refractivity contribution is 5.92. The number of nitrogens with zero attached hydrogens (tertiary/aromatic N) is 2. The smallest absolute Gasteiger partial charge is 0.228 e. The lowest BCUT2D eigenvalue weighted by Gasteiger charge is -2.36. The Labute approximate surface area is 161 Å². The van der Waals surface area contributed by atoms with Crippen LogP contribution in [0.4, 0.5) is 5.82 Å². The van der Waals surface area contributed by atoms with E-state index in [9.17, 15) is 9.90 Å². The summed E-state index contributed by atoms with van der Waals surface area (Å²) in [4.78, 5) is 13.1. The molecular formula is C22H31N3O2. The van der Waals surface area contributed by atoms with Gasteiger partial charge in [0.05, 0.1) is 18.8 Å². The molecular weight excluding hydrogens is 338 g/mol. The Balaban J connectivity index is 1.83. The summed E-state index contributed by atoms with van der Waals surface area (Å²) in [5.41, 5.74) is 1.80. The first-order valence-corrected chi connectivity index (χ1v) is 10.0. The van der Waals surface area contributed by atoms with Gasteiger partial charge in [-0.1, -0.05) is 57.5 Å². The van der Waals surface area contributed by atoms with Crippen molar-refractivity contribution >= 4 is 11.7 Å². The zero-order chi connectivity index (χ0) is 19.4. The summed E-state index contributed by atoms with van der Waals surface area (Å²) in [6, 6.07) is 11.8. The molecule has 1 aliphatic rings. The molecule has 3 atom stereocenters. The number of benzene rings is 1. The summed E-state index contributed by atoms with van der Waals surface area (Å²) in [5, 5.41) is 17.1. The van der Waals surface area contributed by atoms with Crippen molar-refractivity contribution in [3.8, 4) is 11.3 Å². The van der Waals surface area contributed by atoms with E-state index in [1.54, 1.807) is 4.68 Å². The van der Waals surface area contributed by atoms with Gasteiger partial charge in [-0.05, 0) is 30.6 Å². The first-order valence-electron chi connectivity index (χ1n) is 10.0. The van der Waals surface area contributed by atoms with Crippen LogP contribution in [-0.4, -0.2) is 27.4 Å². The second-order valence-corrected chi connectivity index (χ2v) is 8.15. The van der Waals surface area contributed by atoms with Gasteiger partial charge in [0.15, 0.2) is 0 Å². The number of anilines is 1. The van der Waals surface area contributed by atoms with Crippen LogP contribution >= 0.6 is 0 Å². The van der Waals surface area contributed by atoms with Crippen LogP contribution < -0.4 is 5.32 Å². The molecule has 1 aromatic carbocycles. The molecule has 1 saturated carbocycles. The third kappa shape index (κ3) is 4.59. The fraction of sp³-hybridized carbons (Fsp3) is 0.545. The Hall–Kier alpha value is -2.14. The zero-order valence-corrected chi connectivity index (χ0v) is 16.6. The van der Waals surface area contributed by atoms with Gasteiger partial charge in [-0.3, -0.25) is 4.79 Å². The standard InChI is InChI=1S/C22H31N3O2/c1-15(2)18-10-9-16(3)13-19(18)22(27)23-21-14-20(24-25(21)11-12-26)17-7-5-4-6-8-17/h4-8,14-16,18-19,26H,9-13H2,1-3H3,(H,23,27). The molecule has 0 aliphatic heterocycles. The lowest BCUT2D eigenvalue weighted by molar-refractivity contribution is -0.124. The van der Waals surface area contributed by atoms with Crippen molar-refractivity contribution in [2.75, 3.05) is 11.9 Å². The second kappa shape index (κ2) is 8.70. The van der Waals surface area contributed by atoms with E-state index < -0.39 is 0 Å². The molecule has 146 valence electrons. The van der Waals surface area contributed by atoms with E-state index in [-0.39, 0.29) is 18.4 Å². The maximum Gasteiger partial charge on any atom is 0.228 e. The van der Waals surface area contributed by atoms with Crippen LogP contribution in [0.1, 0.15) is 40.0 Å². The number of rotatable bonds is 6. The van der Waals surface area contributed by atoms with Gasteiger partial charge in [0, 0.05) is 17.5 Å². The average molecular weight is 370 g/mol. The predicted molar refractivity (Wildman–Crippen MR) is 108 cm³/mol. The van der Waals surface area contributed by atoms with Gasteiger partial charge < -0.3 is 10.4 Å². The molecule has 0 radical (unpaired) electrons. The Morgan fingerprint density at radius 3 is 2.70 bits per heavy atom. The van der Waals surface area contributed by atoms with Crippen LogP contribution in [0.15, 0.2) is 36.4 Å². The normalized spacial score (nSPS) is 22.8. The molecule has 5 nitrogen and oxygen atoms in total. The maximum absolute atomic E-state index is 13.1. The number of carbonyl (C=O) groups is 1. The van der Waals surface area contributed by atoms with E-state index >= 15 is 0 Å². The van der Waals surface area contributed by atoms with Crippen LogP contribution in [0.5, 0.6) is 0 Å². The second-order valence-electron chi connectivity index (χ2n) is 8.15. The number of carbonyl (C=O) groups excluding carboxylic acids is 1. The molecule has 1 fully saturated rings. The van der Waals surface area contributed by atoms with Crippen molar-refractivity contribution in [3.05, 3.63) is 36.4 Å². The third-order valence-corrected chi connectivity index (χ3v) is 5.77. The van der Waals surface area contributed by atoms with Gasteiger partial charge in [0.2, 0.25) is 5.91 Å². The van der Waals surface area contributed by atoms with E-state index in [2.05, 4.69) is 31.2 Å².